The van der Waals surface area contributed by atoms with Gasteiger partial charge in [0.1, 0.15) is 5.78 Å². The highest BCUT2D eigenvalue weighted by molar-refractivity contribution is 7.16. The monoisotopic (exact) mass is 258 g/mol. The van der Waals surface area contributed by atoms with Gasteiger partial charge < -0.3 is 0 Å². The summed E-state index contributed by atoms with van der Waals surface area (Å²) in [5, 5.41) is 0. The number of rotatable bonds is 8. The van der Waals surface area contributed by atoms with E-state index in [4.69, 9.17) is 11.6 Å². The van der Waals surface area contributed by atoms with Crippen molar-refractivity contribution in [1.82, 2.24) is 0 Å². The van der Waals surface area contributed by atoms with Crippen molar-refractivity contribution in [3.05, 3.63) is 21.3 Å². The van der Waals surface area contributed by atoms with E-state index in [0.717, 1.165) is 22.1 Å². The summed E-state index contributed by atoms with van der Waals surface area (Å²) < 4.78 is 0.769. The summed E-state index contributed by atoms with van der Waals surface area (Å²) in [6.45, 7) is 2.20. The van der Waals surface area contributed by atoms with Gasteiger partial charge in [-0.15, -0.1) is 11.3 Å². The van der Waals surface area contributed by atoms with Crippen molar-refractivity contribution in [3.8, 4) is 0 Å². The molecule has 0 aliphatic rings. The van der Waals surface area contributed by atoms with Crippen molar-refractivity contribution in [2.45, 2.75) is 51.9 Å². The van der Waals surface area contributed by atoms with E-state index >= 15 is 0 Å². The van der Waals surface area contributed by atoms with Crippen LogP contribution in [-0.4, -0.2) is 5.78 Å². The maximum absolute atomic E-state index is 11.6. The van der Waals surface area contributed by atoms with Crippen LogP contribution in [0.5, 0.6) is 0 Å². The molecule has 0 amide bonds. The molecule has 0 N–H and O–H groups in total. The van der Waals surface area contributed by atoms with Gasteiger partial charge in [-0.2, -0.15) is 0 Å². The molecule has 0 radical (unpaired) electrons. The van der Waals surface area contributed by atoms with Gasteiger partial charge in [-0.25, -0.2) is 0 Å². The van der Waals surface area contributed by atoms with Crippen LogP contribution in [0.3, 0.4) is 0 Å². The highest BCUT2D eigenvalue weighted by Gasteiger charge is 2.05. The number of hydrogen-bond donors (Lipinski definition) is 0. The summed E-state index contributed by atoms with van der Waals surface area (Å²) in [7, 11) is 0. The maximum Gasteiger partial charge on any atom is 0.138 e. The molecular weight excluding hydrogens is 240 g/mol. The number of thiophene rings is 1. The smallest absolute Gasteiger partial charge is 0.138 e. The number of ketones is 1. The van der Waals surface area contributed by atoms with Gasteiger partial charge in [0.2, 0.25) is 0 Å². The van der Waals surface area contributed by atoms with Crippen LogP contribution in [0.1, 0.15) is 50.3 Å². The Labute approximate surface area is 107 Å². The zero-order chi connectivity index (χ0) is 11.8. The first-order valence-corrected chi connectivity index (χ1v) is 7.17. The fraction of sp³-hybridized carbons (Fsp3) is 0.615. The fourth-order valence-corrected chi connectivity index (χ4v) is 2.77. The Hall–Kier alpha value is -0.340. The normalized spacial score (nSPS) is 10.6. The van der Waals surface area contributed by atoms with Gasteiger partial charge in [0.05, 0.1) is 4.34 Å². The molecule has 1 aromatic rings. The third-order valence-electron chi connectivity index (χ3n) is 2.56. The van der Waals surface area contributed by atoms with E-state index in [9.17, 15) is 4.79 Å². The van der Waals surface area contributed by atoms with Crippen molar-refractivity contribution >= 4 is 28.7 Å². The predicted molar refractivity (Wildman–Crippen MR) is 71.4 cm³/mol. The molecule has 90 valence electrons. The van der Waals surface area contributed by atoms with E-state index in [0.29, 0.717) is 12.2 Å². The molecule has 0 bridgehead atoms. The molecule has 0 saturated carbocycles. The van der Waals surface area contributed by atoms with Crippen molar-refractivity contribution in [1.29, 1.82) is 0 Å². The zero-order valence-corrected chi connectivity index (χ0v) is 11.4. The largest absolute Gasteiger partial charge is 0.299 e. The van der Waals surface area contributed by atoms with Gasteiger partial charge in [0, 0.05) is 17.7 Å². The number of Topliss-reactive ketones (excluding diaryl/α,β-unsaturated/α-hetero) is 1. The fourth-order valence-electron chi connectivity index (χ4n) is 1.66. The van der Waals surface area contributed by atoms with Crippen molar-refractivity contribution in [3.63, 3.8) is 0 Å². The molecule has 0 unspecified atom stereocenters. The summed E-state index contributed by atoms with van der Waals surface area (Å²) in [5.41, 5.74) is 0. The number of carbonyl (C=O) groups excluding carboxylic acids is 1. The molecule has 3 heteroatoms. The lowest BCUT2D eigenvalue weighted by molar-refractivity contribution is -0.118. The molecule has 1 heterocycles. The number of halogens is 1. The van der Waals surface area contributed by atoms with Gasteiger partial charge >= 0.3 is 0 Å². The molecule has 0 saturated heterocycles. The van der Waals surface area contributed by atoms with Gasteiger partial charge in [-0.3, -0.25) is 4.79 Å². The van der Waals surface area contributed by atoms with Crippen LogP contribution in [0.4, 0.5) is 0 Å². The van der Waals surface area contributed by atoms with Gasteiger partial charge in [0.15, 0.2) is 0 Å². The average molecular weight is 259 g/mol. The molecule has 0 fully saturated rings. The molecule has 0 aliphatic heterocycles. The molecule has 1 rings (SSSR count). The lowest BCUT2D eigenvalue weighted by Crippen LogP contribution is -2.00. The van der Waals surface area contributed by atoms with Crippen LogP contribution in [0.15, 0.2) is 12.1 Å². The molecular formula is C13H19ClOS. The average Bonchev–Trinajstić information content (AvgIpc) is 2.63. The Bertz CT molecular complexity index is 319. The maximum atomic E-state index is 11.6. The molecule has 1 aromatic heterocycles. The van der Waals surface area contributed by atoms with E-state index in [1.54, 1.807) is 0 Å². The van der Waals surface area contributed by atoms with E-state index in [1.807, 2.05) is 12.1 Å². The Morgan fingerprint density at radius 2 is 2.00 bits per heavy atom. The molecule has 0 atom stereocenters. The molecule has 16 heavy (non-hydrogen) atoms. The summed E-state index contributed by atoms with van der Waals surface area (Å²) >= 11 is 7.32. The molecule has 0 aliphatic carbocycles. The molecule has 1 nitrogen and oxygen atoms in total. The summed E-state index contributed by atoms with van der Waals surface area (Å²) in [6, 6.07) is 3.80. The first-order chi connectivity index (χ1) is 7.72. The van der Waals surface area contributed by atoms with E-state index < -0.39 is 0 Å². The van der Waals surface area contributed by atoms with Crippen LogP contribution in [0, 0.1) is 0 Å². The second kappa shape index (κ2) is 7.86. The van der Waals surface area contributed by atoms with Gasteiger partial charge in [-0.05, 0) is 18.6 Å². The van der Waals surface area contributed by atoms with Crippen LogP contribution in [0.25, 0.3) is 0 Å². The topological polar surface area (TPSA) is 17.1 Å². The second-order valence-corrected chi connectivity index (χ2v) is 5.89. The van der Waals surface area contributed by atoms with Gasteiger partial charge in [0.25, 0.3) is 0 Å². The standard InChI is InChI=1S/C13H19ClOS/c1-2-3-4-5-6-7-11(15)10-12-8-9-13(14)16-12/h8-9H,2-7,10H2,1H3. The lowest BCUT2D eigenvalue weighted by atomic mass is 10.1. The first-order valence-electron chi connectivity index (χ1n) is 5.98. The van der Waals surface area contributed by atoms with Crippen molar-refractivity contribution < 1.29 is 4.79 Å². The highest BCUT2D eigenvalue weighted by atomic mass is 35.5. The van der Waals surface area contributed by atoms with Crippen LogP contribution in [-0.2, 0) is 11.2 Å². The Kier molecular flexibility index (Phi) is 6.74. The van der Waals surface area contributed by atoms with Crippen molar-refractivity contribution in [2.24, 2.45) is 0 Å². The second-order valence-electron chi connectivity index (χ2n) is 4.09. The van der Waals surface area contributed by atoms with Crippen molar-refractivity contribution in [2.75, 3.05) is 0 Å². The Morgan fingerprint density at radius 1 is 1.25 bits per heavy atom. The summed E-state index contributed by atoms with van der Waals surface area (Å²) in [5.74, 6) is 0.343. The quantitative estimate of drug-likeness (QED) is 0.608. The number of hydrogen-bond acceptors (Lipinski definition) is 2. The van der Waals surface area contributed by atoms with Crippen LogP contribution >= 0.6 is 22.9 Å². The highest BCUT2D eigenvalue weighted by Crippen LogP contribution is 2.22. The van der Waals surface area contributed by atoms with E-state index in [-0.39, 0.29) is 0 Å². The van der Waals surface area contributed by atoms with E-state index in [1.165, 1.54) is 37.0 Å². The predicted octanol–water partition coefficient (Wildman–Crippen LogP) is 4.87. The minimum absolute atomic E-state index is 0.343. The summed E-state index contributed by atoms with van der Waals surface area (Å²) in [6.07, 6.45) is 7.30. The van der Waals surface area contributed by atoms with E-state index in [2.05, 4.69) is 6.92 Å². The SMILES string of the molecule is CCCCCCCC(=O)Cc1ccc(Cl)s1. The zero-order valence-electron chi connectivity index (χ0n) is 9.80. The lowest BCUT2D eigenvalue weighted by Gasteiger charge is -1.99. The third-order valence-corrected chi connectivity index (χ3v) is 3.79. The minimum Gasteiger partial charge on any atom is -0.299 e. The van der Waals surface area contributed by atoms with Crippen LogP contribution < -0.4 is 0 Å². The Balaban J connectivity index is 2.11. The van der Waals surface area contributed by atoms with Crippen LogP contribution in [0.2, 0.25) is 4.34 Å². The van der Waals surface area contributed by atoms with Gasteiger partial charge in [-0.1, -0.05) is 44.2 Å². The Morgan fingerprint density at radius 3 is 2.62 bits per heavy atom. The molecule has 0 spiro atoms. The number of unbranched alkanes of at least 4 members (excludes halogenated alkanes) is 4. The molecule has 0 aromatic carbocycles. The first kappa shape index (κ1) is 13.7. The number of carbonyl (C=O) groups is 1. The summed E-state index contributed by atoms with van der Waals surface area (Å²) in [4.78, 5) is 12.7. The third kappa shape index (κ3) is 5.66. The minimum atomic E-state index is 0.343.